The van der Waals surface area contributed by atoms with Crippen molar-refractivity contribution in [1.82, 2.24) is 14.1 Å². The van der Waals surface area contributed by atoms with Gasteiger partial charge in [-0.05, 0) is 70.3 Å². The Kier molecular flexibility index (Phi) is 6.72. The first-order chi connectivity index (χ1) is 14.8. The molecule has 0 spiro atoms. The molecule has 4 rings (SSSR count). The Morgan fingerprint density at radius 1 is 1.00 bits per heavy atom. The zero-order valence-corrected chi connectivity index (χ0v) is 19.7. The normalized spacial score (nSPS) is 26.7. The van der Waals surface area contributed by atoms with Crippen LogP contribution in [0, 0.1) is 0 Å². The van der Waals surface area contributed by atoms with Crippen molar-refractivity contribution >= 4 is 15.9 Å². The highest BCUT2D eigenvalue weighted by Gasteiger charge is 2.39. The van der Waals surface area contributed by atoms with E-state index in [1.807, 2.05) is 13.8 Å². The minimum absolute atomic E-state index is 0.0370. The SMILES string of the molecule is CCN1CCC(N(C(=O)c2ccc(S(=O)(=O)N3CC(C)OC(C)C3)cc2)C2CC2)CC1. The van der Waals surface area contributed by atoms with E-state index in [0.717, 1.165) is 45.3 Å². The van der Waals surface area contributed by atoms with Gasteiger partial charge in [0.1, 0.15) is 0 Å². The number of morpholine rings is 1. The minimum atomic E-state index is -3.60. The summed E-state index contributed by atoms with van der Waals surface area (Å²) in [7, 11) is -3.60. The van der Waals surface area contributed by atoms with E-state index in [-0.39, 0.29) is 29.1 Å². The number of hydrogen-bond acceptors (Lipinski definition) is 5. The number of ether oxygens (including phenoxy) is 1. The Labute approximate surface area is 186 Å². The molecule has 2 aliphatic heterocycles. The maximum atomic E-state index is 13.4. The number of carbonyl (C=O) groups is 1. The van der Waals surface area contributed by atoms with Crippen molar-refractivity contribution in [2.45, 2.75) is 75.6 Å². The van der Waals surface area contributed by atoms with Gasteiger partial charge in [-0.1, -0.05) is 6.92 Å². The van der Waals surface area contributed by atoms with E-state index < -0.39 is 10.0 Å². The lowest BCUT2D eigenvalue weighted by Gasteiger charge is -2.38. The van der Waals surface area contributed by atoms with Crippen molar-refractivity contribution in [3.63, 3.8) is 0 Å². The molecule has 2 atom stereocenters. The average Bonchev–Trinajstić information content (AvgIpc) is 3.59. The van der Waals surface area contributed by atoms with Crippen molar-refractivity contribution in [2.75, 3.05) is 32.7 Å². The number of sulfonamides is 1. The Bertz CT molecular complexity index is 867. The Morgan fingerprint density at radius 3 is 2.06 bits per heavy atom. The Morgan fingerprint density at radius 2 is 1.55 bits per heavy atom. The molecule has 1 aromatic rings. The van der Waals surface area contributed by atoms with E-state index >= 15 is 0 Å². The fraction of sp³-hybridized carbons (Fsp3) is 0.696. The van der Waals surface area contributed by atoms with Gasteiger partial charge < -0.3 is 14.5 Å². The number of benzene rings is 1. The molecule has 0 radical (unpaired) electrons. The highest BCUT2D eigenvalue weighted by Crippen LogP contribution is 2.33. The third-order valence-electron chi connectivity index (χ3n) is 6.70. The second-order valence-corrected chi connectivity index (χ2v) is 11.2. The summed E-state index contributed by atoms with van der Waals surface area (Å²) in [4.78, 5) is 18.1. The Balaban J connectivity index is 1.48. The second-order valence-electron chi connectivity index (χ2n) is 9.21. The van der Waals surface area contributed by atoms with Crippen molar-refractivity contribution in [2.24, 2.45) is 0 Å². The van der Waals surface area contributed by atoms with Crippen molar-refractivity contribution in [1.29, 1.82) is 0 Å². The average molecular weight is 450 g/mol. The van der Waals surface area contributed by atoms with Crippen LogP contribution in [0.15, 0.2) is 29.2 Å². The predicted octanol–water partition coefficient (Wildman–Crippen LogP) is 2.57. The first-order valence-electron chi connectivity index (χ1n) is 11.6. The van der Waals surface area contributed by atoms with E-state index in [1.54, 1.807) is 24.3 Å². The lowest BCUT2D eigenvalue weighted by Crippen LogP contribution is -2.48. The zero-order chi connectivity index (χ0) is 22.2. The number of hydrogen-bond donors (Lipinski definition) is 0. The van der Waals surface area contributed by atoms with Gasteiger partial charge in [-0.25, -0.2) is 8.42 Å². The number of amides is 1. The highest BCUT2D eigenvalue weighted by atomic mass is 32.2. The van der Waals surface area contributed by atoms with Crippen LogP contribution < -0.4 is 0 Å². The van der Waals surface area contributed by atoms with E-state index in [1.165, 1.54) is 4.31 Å². The van der Waals surface area contributed by atoms with Crippen molar-refractivity contribution in [3.8, 4) is 0 Å². The summed E-state index contributed by atoms with van der Waals surface area (Å²) in [5.74, 6) is 0.0370. The van der Waals surface area contributed by atoms with Crippen LogP contribution in [0.25, 0.3) is 0 Å². The third kappa shape index (κ3) is 4.97. The van der Waals surface area contributed by atoms with Crippen molar-refractivity contribution in [3.05, 3.63) is 29.8 Å². The molecule has 1 amide bonds. The van der Waals surface area contributed by atoms with Crippen LogP contribution in [0.2, 0.25) is 0 Å². The molecule has 1 aromatic carbocycles. The maximum absolute atomic E-state index is 13.4. The first-order valence-corrected chi connectivity index (χ1v) is 13.0. The fourth-order valence-corrected chi connectivity index (χ4v) is 6.48. The second kappa shape index (κ2) is 9.17. The predicted molar refractivity (Wildman–Crippen MR) is 120 cm³/mol. The molecule has 0 bridgehead atoms. The molecule has 0 aromatic heterocycles. The van der Waals surface area contributed by atoms with E-state index in [4.69, 9.17) is 4.74 Å². The summed E-state index contributed by atoms with van der Waals surface area (Å²) >= 11 is 0. The number of rotatable bonds is 6. The quantitative estimate of drug-likeness (QED) is 0.668. The molecular weight excluding hydrogens is 414 g/mol. The lowest BCUT2D eigenvalue weighted by atomic mass is 10.0. The summed E-state index contributed by atoms with van der Waals surface area (Å²) in [6.07, 6.45) is 3.89. The summed E-state index contributed by atoms with van der Waals surface area (Å²) < 4.78 is 33.3. The molecule has 8 heteroatoms. The molecule has 0 N–H and O–H groups in total. The van der Waals surface area contributed by atoms with Gasteiger partial charge in [0, 0.05) is 43.8 Å². The van der Waals surface area contributed by atoms with Crippen molar-refractivity contribution < 1.29 is 17.9 Å². The number of carbonyl (C=O) groups excluding carboxylic acids is 1. The molecule has 31 heavy (non-hydrogen) atoms. The Hall–Kier alpha value is -1.48. The molecule has 3 fully saturated rings. The van der Waals surface area contributed by atoms with Crippen LogP contribution in [-0.4, -0.2) is 85.4 Å². The molecule has 2 saturated heterocycles. The van der Waals surface area contributed by atoms with E-state index in [9.17, 15) is 13.2 Å². The van der Waals surface area contributed by atoms with Crippen LogP contribution in [0.5, 0.6) is 0 Å². The first kappa shape index (κ1) is 22.7. The van der Waals surface area contributed by atoms with Gasteiger partial charge in [-0.15, -0.1) is 0 Å². The largest absolute Gasteiger partial charge is 0.373 e. The van der Waals surface area contributed by atoms with Crippen LogP contribution in [-0.2, 0) is 14.8 Å². The lowest BCUT2D eigenvalue weighted by molar-refractivity contribution is -0.0440. The number of piperidine rings is 1. The van der Waals surface area contributed by atoms with Gasteiger partial charge in [-0.3, -0.25) is 4.79 Å². The summed E-state index contributed by atoms with van der Waals surface area (Å²) in [6, 6.07) is 7.14. The minimum Gasteiger partial charge on any atom is -0.373 e. The molecule has 2 heterocycles. The topological polar surface area (TPSA) is 70.2 Å². The fourth-order valence-electron chi connectivity index (χ4n) is 4.89. The summed E-state index contributed by atoms with van der Waals surface area (Å²) in [5.41, 5.74) is 0.576. The number of likely N-dealkylation sites (tertiary alicyclic amines) is 1. The molecule has 1 saturated carbocycles. The van der Waals surface area contributed by atoms with E-state index in [0.29, 0.717) is 24.7 Å². The monoisotopic (exact) mass is 449 g/mol. The number of nitrogens with zero attached hydrogens (tertiary/aromatic N) is 3. The van der Waals surface area contributed by atoms with Gasteiger partial charge >= 0.3 is 0 Å². The van der Waals surface area contributed by atoms with Gasteiger partial charge in [0.15, 0.2) is 0 Å². The van der Waals surface area contributed by atoms with Crippen LogP contribution in [0.4, 0.5) is 0 Å². The van der Waals surface area contributed by atoms with Gasteiger partial charge in [0.05, 0.1) is 17.1 Å². The molecule has 172 valence electrons. The van der Waals surface area contributed by atoms with Crippen LogP contribution in [0.3, 0.4) is 0 Å². The van der Waals surface area contributed by atoms with E-state index in [2.05, 4.69) is 16.7 Å². The highest BCUT2D eigenvalue weighted by molar-refractivity contribution is 7.89. The summed E-state index contributed by atoms with van der Waals surface area (Å²) in [5, 5.41) is 0. The third-order valence-corrected chi connectivity index (χ3v) is 8.54. The summed E-state index contributed by atoms with van der Waals surface area (Å²) in [6.45, 7) is 9.77. The maximum Gasteiger partial charge on any atom is 0.254 e. The van der Waals surface area contributed by atoms with Crippen LogP contribution >= 0.6 is 0 Å². The van der Waals surface area contributed by atoms with Gasteiger partial charge in [0.25, 0.3) is 5.91 Å². The van der Waals surface area contributed by atoms with Crippen LogP contribution in [0.1, 0.15) is 56.8 Å². The molecular formula is C23H35N3O4S. The van der Waals surface area contributed by atoms with Gasteiger partial charge in [0.2, 0.25) is 10.0 Å². The molecule has 7 nitrogen and oxygen atoms in total. The molecule has 1 aliphatic carbocycles. The smallest absolute Gasteiger partial charge is 0.254 e. The zero-order valence-electron chi connectivity index (χ0n) is 18.9. The van der Waals surface area contributed by atoms with Gasteiger partial charge in [-0.2, -0.15) is 4.31 Å². The molecule has 3 aliphatic rings. The standard InChI is InChI=1S/C23H35N3O4S/c1-4-24-13-11-21(12-14-24)26(20-7-8-20)23(27)19-5-9-22(10-6-19)31(28,29)25-15-17(2)30-18(3)16-25/h5-6,9-10,17-18,20-21H,4,7-8,11-16H2,1-3H3. The molecule has 2 unspecified atom stereocenters.